The summed E-state index contributed by atoms with van der Waals surface area (Å²) in [4.78, 5) is 1.39. The summed E-state index contributed by atoms with van der Waals surface area (Å²) in [5.74, 6) is 0. The second-order valence-corrected chi connectivity index (χ2v) is 6.23. The Kier molecular flexibility index (Phi) is 2.98. The molecule has 0 saturated heterocycles. The van der Waals surface area contributed by atoms with Crippen LogP contribution in [0.1, 0.15) is 31.6 Å². The fraction of sp³-hybridized carbons (Fsp3) is 0.538. The fourth-order valence-electron chi connectivity index (χ4n) is 2.40. The van der Waals surface area contributed by atoms with Crippen LogP contribution in [-0.2, 0) is 6.42 Å². The first kappa shape index (κ1) is 10.9. The maximum Gasteiger partial charge on any atom is 0.0728 e. The molecule has 1 atom stereocenters. The molecule has 0 spiro atoms. The van der Waals surface area contributed by atoms with Crippen LogP contribution < -0.4 is 0 Å². The molecule has 82 valence electrons. The van der Waals surface area contributed by atoms with E-state index in [0.717, 1.165) is 19.3 Å². The predicted molar refractivity (Wildman–Crippen MR) is 65.1 cm³/mol. The number of thiophene rings is 1. The van der Waals surface area contributed by atoms with Gasteiger partial charge in [-0.2, -0.15) is 0 Å². The van der Waals surface area contributed by atoms with Gasteiger partial charge in [-0.1, -0.05) is 31.6 Å². The molecule has 1 nitrogen and oxygen atoms in total. The van der Waals surface area contributed by atoms with E-state index in [-0.39, 0.29) is 11.5 Å². The Morgan fingerprint density at radius 1 is 1.53 bits per heavy atom. The van der Waals surface area contributed by atoms with Gasteiger partial charge >= 0.3 is 0 Å². The third-order valence-electron chi connectivity index (χ3n) is 2.88. The van der Waals surface area contributed by atoms with E-state index in [9.17, 15) is 5.11 Å². The average Bonchev–Trinajstić information content (AvgIpc) is 2.52. The smallest absolute Gasteiger partial charge is 0.0728 e. The third kappa shape index (κ3) is 2.93. The van der Waals surface area contributed by atoms with Gasteiger partial charge in [-0.3, -0.25) is 0 Å². The summed E-state index contributed by atoms with van der Waals surface area (Å²) >= 11 is 1.80. The first-order valence-electron chi connectivity index (χ1n) is 5.45. The average molecular weight is 222 g/mol. The minimum Gasteiger partial charge on any atom is -0.389 e. The van der Waals surface area contributed by atoms with Crippen LogP contribution in [0.25, 0.3) is 0 Å². The fourth-order valence-corrected chi connectivity index (χ4v) is 3.16. The van der Waals surface area contributed by atoms with Crippen molar-refractivity contribution in [2.45, 2.75) is 39.2 Å². The van der Waals surface area contributed by atoms with Gasteiger partial charge < -0.3 is 5.11 Å². The highest BCUT2D eigenvalue weighted by molar-refractivity contribution is 7.09. The molecule has 1 heterocycles. The number of aliphatic hydroxyl groups is 1. The minimum absolute atomic E-state index is 0.247. The summed E-state index contributed by atoms with van der Waals surface area (Å²) in [7, 11) is 0. The van der Waals surface area contributed by atoms with E-state index < -0.39 is 0 Å². The van der Waals surface area contributed by atoms with Crippen LogP contribution >= 0.6 is 11.3 Å². The molecule has 1 aliphatic rings. The molecule has 0 bridgehead atoms. The van der Waals surface area contributed by atoms with Crippen molar-refractivity contribution < 1.29 is 5.11 Å². The van der Waals surface area contributed by atoms with Crippen LogP contribution in [0.4, 0.5) is 0 Å². The van der Waals surface area contributed by atoms with E-state index in [0.29, 0.717) is 0 Å². The van der Waals surface area contributed by atoms with Gasteiger partial charge in [-0.05, 0) is 29.7 Å². The van der Waals surface area contributed by atoms with E-state index in [1.54, 1.807) is 11.3 Å². The van der Waals surface area contributed by atoms with Crippen LogP contribution in [-0.4, -0.2) is 11.2 Å². The molecule has 2 heteroatoms. The molecule has 1 aliphatic carbocycles. The van der Waals surface area contributed by atoms with Crippen molar-refractivity contribution in [1.29, 1.82) is 0 Å². The summed E-state index contributed by atoms with van der Waals surface area (Å²) in [6.45, 7) is 4.47. The van der Waals surface area contributed by atoms with Gasteiger partial charge in [0.25, 0.3) is 0 Å². The molecule has 1 aromatic rings. The number of hydrogen-bond acceptors (Lipinski definition) is 2. The zero-order chi connectivity index (χ0) is 10.9. The summed E-state index contributed by atoms with van der Waals surface area (Å²) in [5.41, 5.74) is 1.64. The van der Waals surface area contributed by atoms with Crippen molar-refractivity contribution in [3.8, 4) is 0 Å². The molecule has 15 heavy (non-hydrogen) atoms. The maximum atomic E-state index is 9.77. The Bertz CT molecular complexity index is 349. The lowest BCUT2D eigenvalue weighted by Gasteiger charge is -2.32. The first-order valence-corrected chi connectivity index (χ1v) is 6.33. The van der Waals surface area contributed by atoms with Crippen molar-refractivity contribution in [3.63, 3.8) is 0 Å². The molecule has 0 fully saturated rings. The number of aliphatic hydroxyl groups excluding tert-OH is 1. The Balaban J connectivity index is 2.09. The zero-order valence-corrected chi connectivity index (χ0v) is 10.2. The molecule has 0 amide bonds. The Hall–Kier alpha value is -0.600. The highest BCUT2D eigenvalue weighted by Crippen LogP contribution is 2.36. The van der Waals surface area contributed by atoms with E-state index in [1.165, 1.54) is 10.5 Å². The van der Waals surface area contributed by atoms with Crippen molar-refractivity contribution in [2.75, 3.05) is 0 Å². The Morgan fingerprint density at radius 2 is 2.33 bits per heavy atom. The highest BCUT2D eigenvalue weighted by atomic mass is 32.1. The topological polar surface area (TPSA) is 20.2 Å². The number of allylic oxidation sites excluding steroid dienone is 1. The van der Waals surface area contributed by atoms with Gasteiger partial charge in [0.15, 0.2) is 0 Å². The van der Waals surface area contributed by atoms with E-state index in [2.05, 4.69) is 31.4 Å². The number of rotatable bonds is 2. The molecule has 0 aliphatic heterocycles. The molecule has 0 saturated carbocycles. The molecule has 2 rings (SSSR count). The SMILES string of the molecule is CC1(C)CC(Cc2cccs2)=CC(O)C1. The molecule has 0 radical (unpaired) electrons. The van der Waals surface area contributed by atoms with Gasteiger partial charge in [-0.15, -0.1) is 11.3 Å². The zero-order valence-electron chi connectivity index (χ0n) is 9.36. The van der Waals surface area contributed by atoms with Crippen molar-refractivity contribution in [2.24, 2.45) is 5.41 Å². The summed E-state index contributed by atoms with van der Waals surface area (Å²) in [6.07, 6.45) is 4.81. The van der Waals surface area contributed by atoms with Crippen molar-refractivity contribution >= 4 is 11.3 Å². The molecule has 1 aromatic heterocycles. The largest absolute Gasteiger partial charge is 0.389 e. The normalized spacial score (nSPS) is 25.0. The summed E-state index contributed by atoms with van der Waals surface area (Å²) < 4.78 is 0. The lowest BCUT2D eigenvalue weighted by Crippen LogP contribution is -2.25. The standard InChI is InChI=1S/C13H18OS/c1-13(2)8-10(6-11(14)9-13)7-12-4-3-5-15-12/h3-6,11,14H,7-9H2,1-2H3. The Labute approximate surface area is 95.5 Å². The summed E-state index contributed by atoms with van der Waals surface area (Å²) in [5, 5.41) is 11.9. The predicted octanol–water partition coefficient (Wildman–Crippen LogP) is 3.40. The highest BCUT2D eigenvalue weighted by Gasteiger charge is 2.27. The number of hydrogen-bond donors (Lipinski definition) is 1. The molecular formula is C13H18OS. The van der Waals surface area contributed by atoms with E-state index in [4.69, 9.17) is 0 Å². The van der Waals surface area contributed by atoms with Gasteiger partial charge in [0.05, 0.1) is 6.10 Å². The van der Waals surface area contributed by atoms with Gasteiger partial charge in [0.1, 0.15) is 0 Å². The van der Waals surface area contributed by atoms with E-state index >= 15 is 0 Å². The molecule has 1 unspecified atom stereocenters. The van der Waals surface area contributed by atoms with Gasteiger partial charge in [0.2, 0.25) is 0 Å². The maximum absolute atomic E-state index is 9.77. The van der Waals surface area contributed by atoms with Crippen LogP contribution in [0.3, 0.4) is 0 Å². The second kappa shape index (κ2) is 4.11. The lowest BCUT2D eigenvalue weighted by atomic mass is 9.75. The van der Waals surface area contributed by atoms with E-state index in [1.807, 2.05) is 6.08 Å². The minimum atomic E-state index is -0.247. The van der Waals surface area contributed by atoms with Crippen molar-refractivity contribution in [1.82, 2.24) is 0 Å². The van der Waals surface area contributed by atoms with Crippen molar-refractivity contribution in [3.05, 3.63) is 34.0 Å². The van der Waals surface area contributed by atoms with Gasteiger partial charge in [0, 0.05) is 11.3 Å². The Morgan fingerprint density at radius 3 is 2.93 bits per heavy atom. The van der Waals surface area contributed by atoms with Crippen LogP contribution in [0.15, 0.2) is 29.2 Å². The molecular weight excluding hydrogens is 204 g/mol. The van der Waals surface area contributed by atoms with Crippen LogP contribution in [0.5, 0.6) is 0 Å². The molecule has 1 N–H and O–H groups in total. The molecule has 0 aromatic carbocycles. The second-order valence-electron chi connectivity index (χ2n) is 5.19. The summed E-state index contributed by atoms with van der Waals surface area (Å²) in [6, 6.07) is 4.25. The van der Waals surface area contributed by atoms with Crippen LogP contribution in [0, 0.1) is 5.41 Å². The van der Waals surface area contributed by atoms with Gasteiger partial charge in [-0.25, -0.2) is 0 Å². The third-order valence-corrected chi connectivity index (χ3v) is 3.75. The van der Waals surface area contributed by atoms with Crippen LogP contribution in [0.2, 0.25) is 0 Å². The monoisotopic (exact) mass is 222 g/mol. The lowest BCUT2D eigenvalue weighted by molar-refractivity contribution is 0.138. The quantitative estimate of drug-likeness (QED) is 0.760. The first-order chi connectivity index (χ1) is 7.05.